The highest BCUT2D eigenvalue weighted by Gasteiger charge is 2.36. The molecule has 9 nitrogen and oxygen atoms in total. The Kier molecular flexibility index (Phi) is 4.30. The summed E-state index contributed by atoms with van der Waals surface area (Å²) in [7, 11) is 0. The molecule has 2 N–H and O–H groups in total. The van der Waals surface area contributed by atoms with Crippen molar-refractivity contribution in [1.29, 1.82) is 0 Å². The number of benzene rings is 1. The van der Waals surface area contributed by atoms with E-state index in [0.29, 0.717) is 44.6 Å². The number of carboxylic acids is 1. The Hall–Kier alpha value is -3.62. The lowest BCUT2D eigenvalue weighted by Crippen LogP contribution is -2.44. The Labute approximate surface area is 171 Å². The van der Waals surface area contributed by atoms with Crippen LogP contribution in [0.2, 0.25) is 0 Å². The van der Waals surface area contributed by atoms with Crippen LogP contribution in [0.1, 0.15) is 34.6 Å². The molecule has 2 aliphatic rings. The van der Waals surface area contributed by atoms with Crippen LogP contribution in [0.3, 0.4) is 0 Å². The van der Waals surface area contributed by atoms with Crippen molar-refractivity contribution in [2.45, 2.75) is 31.8 Å². The molecule has 1 atom stereocenters. The van der Waals surface area contributed by atoms with Gasteiger partial charge in [-0.2, -0.15) is 9.78 Å². The number of fused-ring (bicyclic) bond motifs is 2. The summed E-state index contributed by atoms with van der Waals surface area (Å²) in [6, 6.07) is 8.37. The number of carboxylic acid groups (broad SMARTS) is 1. The molecule has 0 saturated carbocycles. The molecule has 4 heterocycles. The Morgan fingerprint density at radius 3 is 2.80 bits per heavy atom. The number of aromatic nitrogens is 3. The summed E-state index contributed by atoms with van der Waals surface area (Å²) in [4.78, 5) is 43.6. The number of hydrogen-bond acceptors (Lipinski definition) is 4. The van der Waals surface area contributed by atoms with E-state index < -0.39 is 18.0 Å². The Balaban J connectivity index is 1.35. The highest BCUT2D eigenvalue weighted by atomic mass is 16.4. The van der Waals surface area contributed by atoms with Crippen LogP contribution in [0.5, 0.6) is 0 Å². The van der Waals surface area contributed by atoms with E-state index in [-0.39, 0.29) is 5.91 Å². The van der Waals surface area contributed by atoms with Gasteiger partial charge in [0.25, 0.3) is 5.91 Å². The molecule has 2 aromatic heterocycles. The summed E-state index contributed by atoms with van der Waals surface area (Å²) in [5.74, 6) is -1.08. The third kappa shape index (κ3) is 2.94. The zero-order valence-corrected chi connectivity index (χ0v) is 16.2. The van der Waals surface area contributed by atoms with Crippen LogP contribution in [0.15, 0.2) is 36.5 Å². The average Bonchev–Trinajstić information content (AvgIpc) is 3.49. The number of aromatic amines is 1. The number of carbonyl (C=O) groups excluding carboxylic acids is 2. The maximum atomic E-state index is 13.0. The Bertz CT molecular complexity index is 1130. The molecule has 1 aromatic carbocycles. The van der Waals surface area contributed by atoms with E-state index >= 15 is 0 Å². The Morgan fingerprint density at radius 2 is 2.00 bits per heavy atom. The third-order valence-corrected chi connectivity index (χ3v) is 5.95. The largest absolute Gasteiger partial charge is 0.480 e. The van der Waals surface area contributed by atoms with Gasteiger partial charge in [0.1, 0.15) is 11.7 Å². The lowest BCUT2D eigenvalue weighted by Gasteiger charge is -2.28. The zero-order chi connectivity index (χ0) is 20.8. The molecule has 2 amide bonds. The lowest BCUT2D eigenvalue weighted by atomic mass is 10.1. The highest BCUT2D eigenvalue weighted by Crippen LogP contribution is 2.24. The molecule has 0 unspecified atom stereocenters. The van der Waals surface area contributed by atoms with Crippen LogP contribution in [0, 0.1) is 0 Å². The van der Waals surface area contributed by atoms with Gasteiger partial charge in [-0.25, -0.2) is 9.59 Å². The van der Waals surface area contributed by atoms with E-state index in [2.05, 4.69) is 10.1 Å². The number of rotatable bonds is 2. The van der Waals surface area contributed by atoms with Gasteiger partial charge in [0.05, 0.1) is 11.9 Å². The summed E-state index contributed by atoms with van der Waals surface area (Å²) in [5.41, 5.74) is 3.00. The second-order valence-electron chi connectivity index (χ2n) is 7.75. The van der Waals surface area contributed by atoms with Crippen molar-refractivity contribution in [3.05, 3.63) is 53.5 Å². The molecule has 2 aliphatic heterocycles. The quantitative estimate of drug-likeness (QED) is 0.676. The molecule has 30 heavy (non-hydrogen) atoms. The number of aliphatic carboxylic acids is 1. The molecule has 154 valence electrons. The molecule has 0 bridgehead atoms. The first-order valence-corrected chi connectivity index (χ1v) is 9.99. The number of likely N-dealkylation sites (tertiary alicyclic amines) is 1. The molecule has 1 saturated heterocycles. The van der Waals surface area contributed by atoms with Crippen molar-refractivity contribution in [3.63, 3.8) is 0 Å². The molecule has 0 radical (unpaired) electrons. The minimum Gasteiger partial charge on any atom is -0.480 e. The second kappa shape index (κ2) is 7.01. The van der Waals surface area contributed by atoms with Gasteiger partial charge in [-0.05, 0) is 25.0 Å². The van der Waals surface area contributed by atoms with E-state index in [9.17, 15) is 19.5 Å². The molecule has 1 fully saturated rings. The number of para-hydroxylation sites is 1. The fourth-order valence-corrected chi connectivity index (χ4v) is 4.40. The standard InChI is InChI=1S/C21H21N5O4/c27-19(16-10-13-4-1-2-5-15(13)23-16)24-9-7-17-14(12-24)11-22-26(17)21(30)25-8-3-6-18(25)20(28)29/h1-2,4-5,10-11,18,23H,3,6-9,12H2,(H,28,29)/t18-/m0/s1. The van der Waals surface area contributed by atoms with Crippen molar-refractivity contribution in [2.75, 3.05) is 13.1 Å². The van der Waals surface area contributed by atoms with Gasteiger partial charge in [-0.3, -0.25) is 4.79 Å². The zero-order valence-electron chi connectivity index (χ0n) is 16.2. The average molecular weight is 407 g/mol. The van der Waals surface area contributed by atoms with Crippen LogP contribution in [-0.2, 0) is 17.8 Å². The molecule has 3 aromatic rings. The highest BCUT2D eigenvalue weighted by molar-refractivity contribution is 5.98. The third-order valence-electron chi connectivity index (χ3n) is 5.95. The van der Waals surface area contributed by atoms with Crippen LogP contribution in [-0.4, -0.2) is 66.7 Å². The Morgan fingerprint density at radius 1 is 1.17 bits per heavy atom. The smallest absolute Gasteiger partial charge is 0.345 e. The number of H-pyrrole nitrogens is 1. The number of hydrogen-bond donors (Lipinski definition) is 2. The van der Waals surface area contributed by atoms with Gasteiger partial charge in [-0.15, -0.1) is 0 Å². The van der Waals surface area contributed by atoms with E-state index in [1.54, 1.807) is 11.1 Å². The number of nitrogens with one attached hydrogen (secondary N) is 1. The van der Waals surface area contributed by atoms with Gasteiger partial charge >= 0.3 is 12.0 Å². The predicted octanol–water partition coefficient (Wildman–Crippen LogP) is 2.08. The molecular formula is C21H21N5O4. The van der Waals surface area contributed by atoms with E-state index in [1.165, 1.54) is 9.58 Å². The fourth-order valence-electron chi connectivity index (χ4n) is 4.40. The van der Waals surface area contributed by atoms with Gasteiger partial charge < -0.3 is 19.9 Å². The first-order chi connectivity index (χ1) is 14.5. The van der Waals surface area contributed by atoms with Crippen LogP contribution >= 0.6 is 0 Å². The maximum Gasteiger partial charge on any atom is 0.345 e. The maximum absolute atomic E-state index is 13.0. The van der Waals surface area contributed by atoms with E-state index in [1.807, 2.05) is 30.3 Å². The topological polar surface area (TPSA) is 112 Å². The molecule has 0 spiro atoms. The van der Waals surface area contributed by atoms with E-state index in [0.717, 1.165) is 22.2 Å². The number of nitrogens with zero attached hydrogens (tertiary/aromatic N) is 4. The molecule has 5 rings (SSSR count). The number of carbonyl (C=O) groups is 3. The molecular weight excluding hydrogens is 386 g/mol. The monoisotopic (exact) mass is 407 g/mol. The van der Waals surface area contributed by atoms with Gasteiger partial charge in [0.2, 0.25) is 0 Å². The van der Waals surface area contributed by atoms with Crippen LogP contribution in [0.25, 0.3) is 10.9 Å². The van der Waals surface area contributed by atoms with Crippen molar-refractivity contribution in [3.8, 4) is 0 Å². The summed E-state index contributed by atoms with van der Waals surface area (Å²) in [5, 5.41) is 14.6. The lowest BCUT2D eigenvalue weighted by molar-refractivity contribution is -0.141. The van der Waals surface area contributed by atoms with Crippen molar-refractivity contribution in [2.24, 2.45) is 0 Å². The van der Waals surface area contributed by atoms with Crippen LogP contribution < -0.4 is 0 Å². The molecule has 9 heteroatoms. The summed E-state index contributed by atoms with van der Waals surface area (Å²) in [6.45, 7) is 1.23. The van der Waals surface area contributed by atoms with Crippen LogP contribution in [0.4, 0.5) is 4.79 Å². The van der Waals surface area contributed by atoms with Crippen molar-refractivity contribution in [1.82, 2.24) is 24.6 Å². The summed E-state index contributed by atoms with van der Waals surface area (Å²) < 4.78 is 1.31. The van der Waals surface area contributed by atoms with Gasteiger partial charge in [-0.1, -0.05) is 18.2 Å². The molecule has 0 aliphatic carbocycles. The minimum absolute atomic E-state index is 0.0959. The minimum atomic E-state index is -0.989. The summed E-state index contributed by atoms with van der Waals surface area (Å²) in [6.07, 6.45) is 3.21. The first kappa shape index (κ1) is 18.4. The summed E-state index contributed by atoms with van der Waals surface area (Å²) >= 11 is 0. The van der Waals surface area contributed by atoms with Crippen molar-refractivity contribution >= 4 is 28.8 Å². The van der Waals surface area contributed by atoms with Crippen molar-refractivity contribution < 1.29 is 19.5 Å². The van der Waals surface area contributed by atoms with Gasteiger partial charge in [0, 0.05) is 42.5 Å². The number of amides is 2. The fraction of sp³-hybridized carbons (Fsp3) is 0.333. The first-order valence-electron chi connectivity index (χ1n) is 9.99. The normalized spacial score (nSPS) is 18.6. The second-order valence-corrected chi connectivity index (χ2v) is 7.75. The predicted molar refractivity (Wildman–Crippen MR) is 107 cm³/mol. The van der Waals surface area contributed by atoms with E-state index in [4.69, 9.17) is 0 Å². The SMILES string of the molecule is O=C(O)[C@@H]1CCCN1C(=O)n1ncc2c1CCN(C(=O)c1cc3ccccc3[nH]1)C2. The van der Waals surface area contributed by atoms with Gasteiger partial charge in [0.15, 0.2) is 0 Å².